The third-order valence-electron chi connectivity index (χ3n) is 5.26. The Morgan fingerprint density at radius 3 is 2.66 bits per heavy atom. The number of hydrogen-bond acceptors (Lipinski definition) is 6. The minimum Gasteiger partial charge on any atom is -0.493 e. The zero-order chi connectivity index (χ0) is 21.9. The number of rotatable bonds is 8. The van der Waals surface area contributed by atoms with E-state index in [4.69, 9.17) is 19.4 Å². The lowest BCUT2D eigenvalue weighted by atomic mass is 10.2. The fourth-order valence-corrected chi connectivity index (χ4v) is 3.25. The Kier molecular flexibility index (Phi) is 5.35. The first-order valence-electron chi connectivity index (χ1n) is 10.5. The molecule has 32 heavy (non-hydrogen) atoms. The van der Waals surface area contributed by atoms with Gasteiger partial charge in [0.05, 0.1) is 18.3 Å². The van der Waals surface area contributed by atoms with Crippen molar-refractivity contribution in [2.24, 2.45) is 11.0 Å². The van der Waals surface area contributed by atoms with Crippen LogP contribution in [-0.2, 0) is 0 Å². The normalized spacial score (nSPS) is 14.0. The number of aromatic nitrogens is 2. The van der Waals surface area contributed by atoms with Gasteiger partial charge in [-0.3, -0.25) is 0 Å². The van der Waals surface area contributed by atoms with Crippen LogP contribution < -0.4 is 9.47 Å². The molecule has 0 bridgehead atoms. The molecule has 1 aliphatic rings. The van der Waals surface area contributed by atoms with E-state index in [0.29, 0.717) is 34.5 Å². The summed E-state index contributed by atoms with van der Waals surface area (Å²) in [6.07, 6.45) is 2.52. The molecule has 1 unspecified atom stereocenters. The molecule has 0 amide bonds. The largest absolute Gasteiger partial charge is 0.493 e. The van der Waals surface area contributed by atoms with Crippen molar-refractivity contribution in [2.75, 3.05) is 6.61 Å². The number of pyridine rings is 1. The molecule has 2 aromatic carbocycles. The molecule has 4 aromatic rings. The third kappa shape index (κ3) is 4.50. The zero-order valence-corrected chi connectivity index (χ0v) is 17.5. The van der Waals surface area contributed by atoms with E-state index in [1.54, 1.807) is 13.0 Å². The summed E-state index contributed by atoms with van der Waals surface area (Å²) in [6, 6.07) is 18.4. The van der Waals surface area contributed by atoms with Gasteiger partial charge in [0.15, 0.2) is 0 Å². The molecule has 0 radical (unpaired) electrons. The van der Waals surface area contributed by atoms with E-state index in [2.05, 4.69) is 20.0 Å². The fourth-order valence-electron chi connectivity index (χ4n) is 3.25. The molecule has 160 valence electrons. The van der Waals surface area contributed by atoms with Gasteiger partial charge in [-0.15, -0.1) is 0 Å². The van der Waals surface area contributed by atoms with Crippen molar-refractivity contribution in [2.45, 2.75) is 25.8 Å². The summed E-state index contributed by atoms with van der Waals surface area (Å²) in [7, 11) is 0. The number of nitrogens with zero attached hydrogens (tertiary/aromatic N) is 5. The predicted molar refractivity (Wildman–Crippen MR) is 120 cm³/mol. The Balaban J connectivity index is 1.30. The average molecular weight is 427 g/mol. The van der Waals surface area contributed by atoms with Crippen molar-refractivity contribution in [1.29, 1.82) is 0 Å². The van der Waals surface area contributed by atoms with Crippen LogP contribution in [0.15, 0.2) is 70.2 Å². The van der Waals surface area contributed by atoms with Gasteiger partial charge >= 0.3 is 0 Å². The first-order valence-corrected chi connectivity index (χ1v) is 10.5. The molecule has 5 rings (SSSR count). The lowest BCUT2D eigenvalue weighted by Crippen LogP contribution is -1.98. The third-order valence-corrected chi connectivity index (χ3v) is 5.26. The first-order chi connectivity index (χ1) is 15.7. The van der Waals surface area contributed by atoms with Crippen LogP contribution in [0.2, 0.25) is 0 Å². The fraction of sp³-hybridized carbons (Fsp3) is 0.250. The molecule has 1 aliphatic carbocycles. The Morgan fingerprint density at radius 2 is 1.88 bits per heavy atom. The van der Waals surface area contributed by atoms with Gasteiger partial charge < -0.3 is 13.9 Å². The highest BCUT2D eigenvalue weighted by Crippen LogP contribution is 2.32. The molecule has 2 aromatic heterocycles. The topological polar surface area (TPSA) is 106 Å². The van der Waals surface area contributed by atoms with Crippen molar-refractivity contribution in [3.63, 3.8) is 0 Å². The highest BCUT2D eigenvalue weighted by molar-refractivity contribution is 5.73. The summed E-state index contributed by atoms with van der Waals surface area (Å²) in [4.78, 5) is 11.8. The molecule has 0 aliphatic heterocycles. The van der Waals surface area contributed by atoms with E-state index in [0.717, 1.165) is 23.7 Å². The van der Waals surface area contributed by atoms with E-state index in [1.165, 1.54) is 12.8 Å². The Hall–Kier alpha value is -4.03. The summed E-state index contributed by atoms with van der Waals surface area (Å²) in [5.41, 5.74) is 11.1. The van der Waals surface area contributed by atoms with Gasteiger partial charge in [-0.25, -0.2) is 9.97 Å². The molecule has 8 heteroatoms. The number of oxazole rings is 1. The summed E-state index contributed by atoms with van der Waals surface area (Å²) in [5.74, 6) is 3.41. The summed E-state index contributed by atoms with van der Waals surface area (Å²) >= 11 is 0. The maximum atomic E-state index is 8.62. The Bertz CT molecular complexity index is 1290. The Morgan fingerprint density at radius 1 is 1.06 bits per heavy atom. The van der Waals surface area contributed by atoms with E-state index >= 15 is 0 Å². The monoisotopic (exact) mass is 427 g/mol. The van der Waals surface area contributed by atoms with E-state index < -0.39 is 0 Å². The number of azide groups is 1. The molecular weight excluding hydrogens is 406 g/mol. The van der Waals surface area contributed by atoms with Gasteiger partial charge in [0.2, 0.25) is 11.6 Å². The average Bonchev–Trinajstić information content (AvgIpc) is 3.55. The second kappa shape index (κ2) is 8.61. The molecule has 1 saturated carbocycles. The minimum absolute atomic E-state index is 0.382. The summed E-state index contributed by atoms with van der Waals surface area (Å²) in [5, 5.41) is 3.67. The van der Waals surface area contributed by atoms with Crippen molar-refractivity contribution in [3.05, 3.63) is 76.8 Å². The molecular formula is C24H21N5O3. The van der Waals surface area contributed by atoms with Crippen LogP contribution in [0.1, 0.15) is 31.5 Å². The van der Waals surface area contributed by atoms with Crippen LogP contribution >= 0.6 is 0 Å². The second-order valence-electron chi connectivity index (χ2n) is 7.82. The maximum absolute atomic E-state index is 8.62. The van der Waals surface area contributed by atoms with E-state index in [1.807, 2.05) is 54.6 Å². The predicted octanol–water partition coefficient (Wildman–Crippen LogP) is 6.84. The van der Waals surface area contributed by atoms with Crippen molar-refractivity contribution >= 4 is 11.2 Å². The quantitative estimate of drug-likeness (QED) is 0.174. The lowest BCUT2D eigenvalue weighted by molar-refractivity contribution is 0.298. The molecule has 0 N–H and O–H groups in total. The van der Waals surface area contributed by atoms with Gasteiger partial charge in [-0.2, -0.15) is 0 Å². The molecule has 1 atom stereocenters. The molecule has 0 saturated heterocycles. The first kappa shape index (κ1) is 19.9. The van der Waals surface area contributed by atoms with Gasteiger partial charge in [0.25, 0.3) is 0 Å². The molecule has 2 heterocycles. The van der Waals surface area contributed by atoms with Crippen LogP contribution in [0.25, 0.3) is 33.1 Å². The highest BCUT2D eigenvalue weighted by atomic mass is 16.5. The van der Waals surface area contributed by atoms with Crippen LogP contribution in [0.5, 0.6) is 17.2 Å². The van der Waals surface area contributed by atoms with Crippen LogP contribution in [0.4, 0.5) is 0 Å². The van der Waals surface area contributed by atoms with Crippen molar-refractivity contribution < 1.29 is 13.9 Å². The van der Waals surface area contributed by atoms with Crippen LogP contribution in [-0.4, -0.2) is 16.6 Å². The van der Waals surface area contributed by atoms with E-state index in [9.17, 15) is 0 Å². The van der Waals surface area contributed by atoms with Gasteiger partial charge in [0.1, 0.15) is 22.8 Å². The number of ether oxygens (including phenoxy) is 2. The zero-order valence-electron chi connectivity index (χ0n) is 17.5. The van der Waals surface area contributed by atoms with Crippen molar-refractivity contribution in [3.8, 4) is 28.7 Å². The summed E-state index contributed by atoms with van der Waals surface area (Å²) in [6.45, 7) is 2.54. The minimum atomic E-state index is -0.382. The lowest BCUT2D eigenvalue weighted by Gasteiger charge is -2.09. The van der Waals surface area contributed by atoms with Crippen LogP contribution in [0.3, 0.4) is 0 Å². The SMILES string of the molecule is CC(N=[N+]=[N-])c1ccc2nc(-c3ccc(Oc4cccc(OCC5CC5)c4)cc3)oc2n1. The number of benzene rings is 2. The van der Waals surface area contributed by atoms with Gasteiger partial charge in [0, 0.05) is 16.5 Å². The second-order valence-corrected chi connectivity index (χ2v) is 7.82. The Labute approximate surface area is 184 Å². The molecule has 0 spiro atoms. The highest BCUT2D eigenvalue weighted by Gasteiger charge is 2.22. The molecule has 8 nitrogen and oxygen atoms in total. The smallest absolute Gasteiger partial charge is 0.247 e. The van der Waals surface area contributed by atoms with Crippen molar-refractivity contribution in [1.82, 2.24) is 9.97 Å². The van der Waals surface area contributed by atoms with Gasteiger partial charge in [-0.1, -0.05) is 18.1 Å². The maximum Gasteiger partial charge on any atom is 0.247 e. The number of fused-ring (bicyclic) bond motifs is 1. The summed E-state index contributed by atoms with van der Waals surface area (Å²) < 4.78 is 17.6. The standard InChI is InChI=1S/C24H21N5O3/c1-15(28-29-25)21-11-12-22-24(26-21)32-23(27-22)17-7-9-18(10-8-17)31-20-4-2-3-19(13-20)30-14-16-5-6-16/h2-4,7-13,15-16H,5-6,14H2,1H3. The van der Waals surface area contributed by atoms with Crippen LogP contribution in [0, 0.1) is 5.92 Å². The van der Waals surface area contributed by atoms with Gasteiger partial charge in [-0.05, 0) is 72.8 Å². The van der Waals surface area contributed by atoms with E-state index in [-0.39, 0.29) is 6.04 Å². The number of hydrogen-bond donors (Lipinski definition) is 0. The molecule has 1 fully saturated rings.